The minimum absolute atomic E-state index is 0.0215. The number of nitrogens with zero attached hydrogens (tertiary/aromatic N) is 2. The summed E-state index contributed by atoms with van der Waals surface area (Å²) in [7, 11) is 0. The second-order valence-corrected chi connectivity index (χ2v) is 7.53. The number of rotatable bonds is 5. The van der Waals surface area contributed by atoms with Crippen LogP contribution < -0.4 is 10.2 Å². The first-order valence-corrected chi connectivity index (χ1v) is 10.2. The van der Waals surface area contributed by atoms with E-state index in [4.69, 9.17) is 0 Å². The molecule has 0 bridgehead atoms. The van der Waals surface area contributed by atoms with E-state index in [1.807, 2.05) is 67.6 Å². The maximum absolute atomic E-state index is 13.3. The molecule has 3 aromatic rings. The fraction of sp³-hybridized carbons (Fsp3) is 0.240. The van der Waals surface area contributed by atoms with Crippen molar-refractivity contribution in [2.45, 2.75) is 13.0 Å². The first-order chi connectivity index (χ1) is 14.2. The lowest BCUT2D eigenvalue weighted by atomic mass is 10.0. The van der Waals surface area contributed by atoms with Crippen LogP contribution in [0.5, 0.6) is 0 Å². The van der Waals surface area contributed by atoms with Crippen molar-refractivity contribution in [3.05, 3.63) is 96.1 Å². The zero-order valence-electron chi connectivity index (χ0n) is 16.8. The van der Waals surface area contributed by atoms with Crippen LogP contribution in [0.4, 0.5) is 11.4 Å². The number of aryl methyl sites for hydroxylation is 1. The minimum atomic E-state index is -0.296. The number of amides is 1. The van der Waals surface area contributed by atoms with Gasteiger partial charge >= 0.3 is 0 Å². The molecule has 3 aromatic carbocycles. The summed E-state index contributed by atoms with van der Waals surface area (Å²) in [6, 6.07) is 28.2. The molecule has 0 aromatic heterocycles. The molecule has 1 fully saturated rings. The number of hydrogen-bond acceptors (Lipinski definition) is 3. The highest BCUT2D eigenvalue weighted by Crippen LogP contribution is 2.26. The fourth-order valence-electron chi connectivity index (χ4n) is 3.89. The standard InChI is InChI=1S/C25H27N3O/c1-20-12-14-22(15-13-20)26-25(29)24(21-8-4-2-5-9-21)28-18-16-27(17-19-28)23-10-6-3-7-11-23/h2-15,24H,16-19H2,1H3,(H,26,29)/t24-/m1/s1. The van der Waals surface area contributed by atoms with Gasteiger partial charge in [0.2, 0.25) is 5.91 Å². The summed E-state index contributed by atoms with van der Waals surface area (Å²) >= 11 is 0. The van der Waals surface area contributed by atoms with Gasteiger partial charge in [-0.3, -0.25) is 9.69 Å². The van der Waals surface area contributed by atoms with Crippen LogP contribution in [0.1, 0.15) is 17.2 Å². The maximum Gasteiger partial charge on any atom is 0.246 e. The van der Waals surface area contributed by atoms with Gasteiger partial charge in [-0.2, -0.15) is 0 Å². The van der Waals surface area contributed by atoms with Gasteiger partial charge in [-0.25, -0.2) is 0 Å². The molecule has 1 heterocycles. The van der Waals surface area contributed by atoms with Crippen LogP contribution in [-0.4, -0.2) is 37.0 Å². The minimum Gasteiger partial charge on any atom is -0.369 e. The molecule has 1 aliphatic heterocycles. The average Bonchev–Trinajstić information content (AvgIpc) is 2.77. The van der Waals surface area contributed by atoms with Crippen LogP contribution in [-0.2, 0) is 4.79 Å². The van der Waals surface area contributed by atoms with E-state index in [1.165, 1.54) is 11.3 Å². The summed E-state index contributed by atoms with van der Waals surface area (Å²) in [6.45, 7) is 5.55. The van der Waals surface area contributed by atoms with E-state index in [1.54, 1.807) is 0 Å². The smallest absolute Gasteiger partial charge is 0.246 e. The summed E-state index contributed by atoms with van der Waals surface area (Å²) in [5.41, 5.74) is 4.29. The zero-order chi connectivity index (χ0) is 20.1. The van der Waals surface area contributed by atoms with Crippen molar-refractivity contribution in [2.24, 2.45) is 0 Å². The second-order valence-electron chi connectivity index (χ2n) is 7.53. The monoisotopic (exact) mass is 385 g/mol. The Morgan fingerprint density at radius 2 is 1.38 bits per heavy atom. The molecule has 148 valence electrons. The van der Waals surface area contributed by atoms with E-state index in [-0.39, 0.29) is 11.9 Å². The molecule has 0 saturated carbocycles. The Morgan fingerprint density at radius 1 is 0.793 bits per heavy atom. The number of para-hydroxylation sites is 1. The predicted molar refractivity (Wildman–Crippen MR) is 119 cm³/mol. The second kappa shape index (κ2) is 8.93. The highest BCUT2D eigenvalue weighted by atomic mass is 16.2. The van der Waals surface area contributed by atoms with Crippen molar-refractivity contribution in [3.8, 4) is 0 Å². The Balaban J connectivity index is 1.51. The van der Waals surface area contributed by atoms with Gasteiger partial charge in [0.25, 0.3) is 0 Å². The molecule has 0 radical (unpaired) electrons. The lowest BCUT2D eigenvalue weighted by Gasteiger charge is -2.39. The summed E-state index contributed by atoms with van der Waals surface area (Å²) in [6.07, 6.45) is 0. The largest absolute Gasteiger partial charge is 0.369 e. The molecule has 4 heteroatoms. The molecule has 1 atom stereocenters. The Hall–Kier alpha value is -3.11. The van der Waals surface area contributed by atoms with Crippen LogP contribution in [0.15, 0.2) is 84.9 Å². The summed E-state index contributed by atoms with van der Waals surface area (Å²) < 4.78 is 0. The number of carbonyl (C=O) groups is 1. The van der Waals surface area contributed by atoms with Gasteiger partial charge in [0.05, 0.1) is 0 Å². The van der Waals surface area contributed by atoms with Crippen LogP contribution in [0, 0.1) is 6.92 Å². The highest BCUT2D eigenvalue weighted by molar-refractivity contribution is 5.95. The molecule has 1 aliphatic rings. The van der Waals surface area contributed by atoms with Crippen molar-refractivity contribution >= 4 is 17.3 Å². The summed E-state index contributed by atoms with van der Waals surface area (Å²) in [5.74, 6) is 0.0215. The summed E-state index contributed by atoms with van der Waals surface area (Å²) in [4.78, 5) is 18.0. The van der Waals surface area contributed by atoms with Gasteiger partial charge in [-0.15, -0.1) is 0 Å². The van der Waals surface area contributed by atoms with Gasteiger partial charge in [0, 0.05) is 37.6 Å². The van der Waals surface area contributed by atoms with E-state index < -0.39 is 0 Å². The van der Waals surface area contributed by atoms with E-state index in [0.717, 1.165) is 37.4 Å². The van der Waals surface area contributed by atoms with Crippen LogP contribution in [0.2, 0.25) is 0 Å². The van der Waals surface area contributed by atoms with Gasteiger partial charge in [-0.1, -0.05) is 66.2 Å². The number of benzene rings is 3. The SMILES string of the molecule is Cc1ccc(NC(=O)[C@@H](c2ccccc2)N2CCN(c3ccccc3)CC2)cc1. The number of anilines is 2. The third-order valence-corrected chi connectivity index (χ3v) is 5.48. The van der Waals surface area contributed by atoms with Gasteiger partial charge < -0.3 is 10.2 Å². The molecular weight excluding hydrogens is 358 g/mol. The molecule has 1 amide bonds. The molecule has 0 unspecified atom stereocenters. The molecule has 4 rings (SSSR count). The van der Waals surface area contributed by atoms with E-state index in [0.29, 0.717) is 0 Å². The predicted octanol–water partition coefficient (Wildman–Crippen LogP) is 4.50. The molecule has 0 aliphatic carbocycles. The van der Waals surface area contributed by atoms with E-state index in [2.05, 4.69) is 39.4 Å². The number of carbonyl (C=O) groups excluding carboxylic acids is 1. The van der Waals surface area contributed by atoms with E-state index >= 15 is 0 Å². The first-order valence-electron chi connectivity index (χ1n) is 10.2. The number of nitrogens with one attached hydrogen (secondary N) is 1. The van der Waals surface area contributed by atoms with Crippen molar-refractivity contribution in [3.63, 3.8) is 0 Å². The Morgan fingerprint density at radius 3 is 2.00 bits per heavy atom. The van der Waals surface area contributed by atoms with E-state index in [9.17, 15) is 4.79 Å². The average molecular weight is 386 g/mol. The van der Waals surface area contributed by atoms with Crippen molar-refractivity contribution < 1.29 is 4.79 Å². The van der Waals surface area contributed by atoms with Crippen molar-refractivity contribution in [1.82, 2.24) is 4.90 Å². The molecule has 4 nitrogen and oxygen atoms in total. The van der Waals surface area contributed by atoms with Crippen LogP contribution >= 0.6 is 0 Å². The lowest BCUT2D eigenvalue weighted by Crippen LogP contribution is -2.50. The summed E-state index contributed by atoms with van der Waals surface area (Å²) in [5, 5.41) is 3.11. The van der Waals surface area contributed by atoms with Crippen LogP contribution in [0.3, 0.4) is 0 Å². The highest BCUT2D eigenvalue weighted by Gasteiger charge is 2.30. The molecule has 1 saturated heterocycles. The first kappa shape index (κ1) is 19.2. The normalized spacial score (nSPS) is 15.7. The number of hydrogen-bond donors (Lipinski definition) is 1. The topological polar surface area (TPSA) is 35.6 Å². The van der Waals surface area contributed by atoms with Gasteiger partial charge in [-0.05, 0) is 36.8 Å². The van der Waals surface area contributed by atoms with Gasteiger partial charge in [0.1, 0.15) is 6.04 Å². The third-order valence-electron chi connectivity index (χ3n) is 5.48. The number of piperazine rings is 1. The molecule has 29 heavy (non-hydrogen) atoms. The molecule has 0 spiro atoms. The van der Waals surface area contributed by atoms with Crippen molar-refractivity contribution in [2.75, 3.05) is 36.4 Å². The molecule has 1 N–H and O–H groups in total. The Labute approximate surface area is 172 Å². The fourth-order valence-corrected chi connectivity index (χ4v) is 3.89. The van der Waals surface area contributed by atoms with Gasteiger partial charge in [0.15, 0.2) is 0 Å². The quantitative estimate of drug-likeness (QED) is 0.703. The van der Waals surface area contributed by atoms with Crippen molar-refractivity contribution in [1.29, 1.82) is 0 Å². The lowest BCUT2D eigenvalue weighted by molar-refractivity contribution is -0.121. The van der Waals surface area contributed by atoms with Crippen LogP contribution in [0.25, 0.3) is 0 Å². The Bertz CT molecular complexity index is 917. The Kier molecular flexibility index (Phi) is 5.92. The third kappa shape index (κ3) is 4.66. The maximum atomic E-state index is 13.3. The molecular formula is C25H27N3O. The zero-order valence-corrected chi connectivity index (χ0v) is 16.8.